The van der Waals surface area contributed by atoms with E-state index in [1.807, 2.05) is 0 Å². The van der Waals surface area contributed by atoms with Gasteiger partial charge in [0.25, 0.3) is 11.8 Å². The monoisotopic (exact) mass is 469 g/mol. The summed E-state index contributed by atoms with van der Waals surface area (Å²) >= 11 is 0. The van der Waals surface area contributed by atoms with Gasteiger partial charge in [-0.1, -0.05) is 24.3 Å². The Kier molecular flexibility index (Phi) is 5.92. The van der Waals surface area contributed by atoms with E-state index in [2.05, 4.69) is 10.6 Å². The molecule has 8 nitrogen and oxygen atoms in total. The number of amides is 2. The Balaban J connectivity index is 1.45. The lowest BCUT2D eigenvalue weighted by Gasteiger charge is -2.10. The summed E-state index contributed by atoms with van der Waals surface area (Å²) in [6.07, 6.45) is 0.484. The van der Waals surface area contributed by atoms with Crippen LogP contribution in [0.3, 0.4) is 0 Å². The SMILES string of the molecule is NS(=O)(=O)c1ccc(CCNC(=O)c2ccc3c(c2)NC(=O)c2ccccc2S3=O)cc1. The van der Waals surface area contributed by atoms with E-state index in [1.54, 1.807) is 48.5 Å². The largest absolute Gasteiger partial charge is 0.352 e. The molecule has 0 radical (unpaired) electrons. The van der Waals surface area contributed by atoms with Crippen LogP contribution < -0.4 is 15.8 Å². The van der Waals surface area contributed by atoms with Crippen LogP contribution >= 0.6 is 0 Å². The molecule has 1 unspecified atom stereocenters. The van der Waals surface area contributed by atoms with E-state index in [1.165, 1.54) is 18.2 Å². The summed E-state index contributed by atoms with van der Waals surface area (Å²) < 4.78 is 35.6. The third-order valence-electron chi connectivity index (χ3n) is 4.97. The first-order chi connectivity index (χ1) is 15.2. The van der Waals surface area contributed by atoms with Crippen LogP contribution in [0.4, 0.5) is 5.69 Å². The van der Waals surface area contributed by atoms with Gasteiger partial charge in [-0.3, -0.25) is 9.59 Å². The van der Waals surface area contributed by atoms with Gasteiger partial charge in [0.15, 0.2) is 0 Å². The first kappa shape index (κ1) is 21.9. The van der Waals surface area contributed by atoms with Gasteiger partial charge in [0.1, 0.15) is 0 Å². The molecule has 1 atom stereocenters. The topological polar surface area (TPSA) is 135 Å². The summed E-state index contributed by atoms with van der Waals surface area (Å²) in [5, 5.41) is 10.6. The van der Waals surface area contributed by atoms with Gasteiger partial charge in [0.2, 0.25) is 10.0 Å². The Hall–Kier alpha value is -3.34. The molecule has 3 aromatic rings. The number of sulfonamides is 1. The number of fused-ring (bicyclic) bond motifs is 2. The van der Waals surface area contributed by atoms with Gasteiger partial charge in [-0.05, 0) is 54.4 Å². The maximum atomic E-state index is 12.9. The Morgan fingerprint density at radius 3 is 2.44 bits per heavy atom. The fourth-order valence-corrected chi connectivity index (χ4v) is 5.14. The highest BCUT2D eigenvalue weighted by atomic mass is 32.2. The summed E-state index contributed by atoms with van der Waals surface area (Å²) in [7, 11) is -5.30. The number of benzene rings is 3. The van der Waals surface area contributed by atoms with E-state index < -0.39 is 20.8 Å². The van der Waals surface area contributed by atoms with Crippen molar-refractivity contribution in [1.29, 1.82) is 0 Å². The molecule has 4 N–H and O–H groups in total. The normalized spacial score (nSPS) is 15.2. The van der Waals surface area contributed by atoms with E-state index in [-0.39, 0.29) is 16.7 Å². The average Bonchev–Trinajstić information content (AvgIpc) is 2.88. The summed E-state index contributed by atoms with van der Waals surface area (Å²) in [6, 6.07) is 17.4. The lowest BCUT2D eigenvalue weighted by Crippen LogP contribution is -2.26. The molecule has 1 aliphatic heterocycles. The lowest BCUT2D eigenvalue weighted by molar-refractivity contribution is 0.0952. The number of anilines is 1. The average molecular weight is 470 g/mol. The second-order valence-corrected chi connectivity index (χ2v) is 10.1. The van der Waals surface area contributed by atoms with E-state index in [0.29, 0.717) is 39.6 Å². The number of hydrogen-bond donors (Lipinski definition) is 3. The Morgan fingerprint density at radius 1 is 1.00 bits per heavy atom. The van der Waals surface area contributed by atoms with Gasteiger partial charge in [-0.2, -0.15) is 0 Å². The fraction of sp³-hybridized carbons (Fsp3) is 0.0909. The third-order valence-corrected chi connectivity index (χ3v) is 7.41. The standard InChI is InChI=1S/C22H19N3O5S2/c23-32(29,30)16-8-5-14(6-9-16)11-12-24-21(26)15-7-10-20-18(13-15)25-22(27)17-3-1-2-4-19(17)31(20)28/h1-10,13H,11-12H2,(H,24,26)(H,25,27)(H2,23,29,30). The van der Waals surface area contributed by atoms with Crippen molar-refractivity contribution < 1.29 is 22.2 Å². The van der Waals surface area contributed by atoms with Gasteiger partial charge in [0, 0.05) is 12.1 Å². The molecule has 0 aliphatic carbocycles. The van der Waals surface area contributed by atoms with Crippen LogP contribution in [0, 0.1) is 0 Å². The molecule has 10 heteroatoms. The molecule has 0 fully saturated rings. The minimum atomic E-state index is -3.75. The van der Waals surface area contributed by atoms with Gasteiger partial charge >= 0.3 is 0 Å². The zero-order chi connectivity index (χ0) is 22.9. The number of rotatable bonds is 5. The highest BCUT2D eigenvalue weighted by Gasteiger charge is 2.25. The molecule has 2 amide bonds. The van der Waals surface area contributed by atoms with E-state index in [4.69, 9.17) is 5.14 Å². The number of primary sulfonamides is 1. The van der Waals surface area contributed by atoms with Crippen molar-refractivity contribution in [3.8, 4) is 0 Å². The van der Waals surface area contributed by atoms with Crippen molar-refractivity contribution in [3.05, 3.63) is 83.4 Å². The number of hydrogen-bond acceptors (Lipinski definition) is 5. The van der Waals surface area contributed by atoms with E-state index >= 15 is 0 Å². The molecule has 0 saturated heterocycles. The fourth-order valence-electron chi connectivity index (χ4n) is 3.32. The predicted octanol–water partition coefficient (Wildman–Crippen LogP) is 2.04. The van der Waals surface area contributed by atoms with E-state index in [0.717, 1.165) is 5.56 Å². The number of nitrogens with one attached hydrogen (secondary N) is 2. The molecule has 0 spiro atoms. The van der Waals surface area contributed by atoms with Crippen molar-refractivity contribution in [2.75, 3.05) is 11.9 Å². The van der Waals surface area contributed by atoms with Crippen LogP contribution in [-0.2, 0) is 27.2 Å². The van der Waals surface area contributed by atoms with Gasteiger partial charge in [0.05, 0.1) is 36.7 Å². The Labute approximate surface area is 187 Å². The molecule has 0 saturated carbocycles. The minimum absolute atomic E-state index is 0.0249. The maximum Gasteiger partial charge on any atom is 0.256 e. The molecule has 1 heterocycles. The molecule has 164 valence electrons. The highest BCUT2D eigenvalue weighted by molar-refractivity contribution is 7.89. The van der Waals surface area contributed by atoms with Crippen LogP contribution in [0.1, 0.15) is 26.3 Å². The van der Waals surface area contributed by atoms with Crippen molar-refractivity contribution in [2.24, 2.45) is 5.14 Å². The zero-order valence-corrected chi connectivity index (χ0v) is 18.3. The Bertz CT molecular complexity index is 1350. The highest BCUT2D eigenvalue weighted by Crippen LogP contribution is 2.31. The number of carbonyl (C=O) groups excluding carboxylic acids is 2. The van der Waals surface area contributed by atoms with Crippen LogP contribution in [0.15, 0.2) is 81.4 Å². The van der Waals surface area contributed by atoms with Crippen molar-refractivity contribution in [3.63, 3.8) is 0 Å². The van der Waals surface area contributed by atoms with Gasteiger partial charge < -0.3 is 10.6 Å². The first-order valence-electron chi connectivity index (χ1n) is 9.60. The van der Waals surface area contributed by atoms with Crippen LogP contribution in [0.5, 0.6) is 0 Å². The van der Waals surface area contributed by atoms with Crippen LogP contribution in [-0.4, -0.2) is 31.0 Å². The smallest absolute Gasteiger partial charge is 0.256 e. The maximum absolute atomic E-state index is 12.9. The van der Waals surface area contributed by atoms with Crippen LogP contribution in [0.25, 0.3) is 0 Å². The van der Waals surface area contributed by atoms with Gasteiger partial charge in [-0.15, -0.1) is 0 Å². The third kappa shape index (κ3) is 4.47. The number of nitrogens with two attached hydrogens (primary N) is 1. The summed E-state index contributed by atoms with van der Waals surface area (Å²) in [5.74, 6) is -0.732. The molecule has 32 heavy (non-hydrogen) atoms. The van der Waals surface area contributed by atoms with Gasteiger partial charge in [-0.25, -0.2) is 17.8 Å². The van der Waals surface area contributed by atoms with E-state index in [9.17, 15) is 22.2 Å². The summed E-state index contributed by atoms with van der Waals surface area (Å²) in [6.45, 7) is 0.314. The minimum Gasteiger partial charge on any atom is -0.352 e. The second-order valence-electron chi connectivity index (χ2n) is 7.12. The lowest BCUT2D eigenvalue weighted by atomic mass is 10.1. The molecule has 1 aliphatic rings. The van der Waals surface area contributed by atoms with Crippen molar-refractivity contribution in [2.45, 2.75) is 21.1 Å². The molecular weight excluding hydrogens is 450 g/mol. The van der Waals surface area contributed by atoms with Crippen LogP contribution in [0.2, 0.25) is 0 Å². The molecule has 0 aromatic heterocycles. The second kappa shape index (κ2) is 8.65. The number of carbonyl (C=O) groups is 2. The summed E-state index contributed by atoms with van der Waals surface area (Å²) in [4.78, 5) is 26.0. The summed E-state index contributed by atoms with van der Waals surface area (Å²) in [5.41, 5.74) is 1.81. The molecule has 3 aromatic carbocycles. The molecule has 4 rings (SSSR count). The Morgan fingerprint density at radius 2 is 1.72 bits per heavy atom. The zero-order valence-electron chi connectivity index (χ0n) is 16.7. The quantitative estimate of drug-likeness (QED) is 0.525. The van der Waals surface area contributed by atoms with Crippen molar-refractivity contribution >= 4 is 38.3 Å². The molecular formula is C22H19N3O5S2. The first-order valence-corrected chi connectivity index (χ1v) is 12.3. The predicted molar refractivity (Wildman–Crippen MR) is 119 cm³/mol. The molecule has 0 bridgehead atoms. The van der Waals surface area contributed by atoms with Crippen molar-refractivity contribution in [1.82, 2.24) is 5.32 Å².